The lowest BCUT2D eigenvalue weighted by Gasteiger charge is -2.18. The fourth-order valence-corrected chi connectivity index (χ4v) is 2.68. The molecule has 0 aliphatic rings. The van der Waals surface area contributed by atoms with E-state index in [0.717, 1.165) is 28.9 Å². The van der Waals surface area contributed by atoms with Gasteiger partial charge in [0, 0.05) is 51.7 Å². The van der Waals surface area contributed by atoms with Crippen molar-refractivity contribution in [1.29, 1.82) is 0 Å². The van der Waals surface area contributed by atoms with E-state index >= 15 is 0 Å². The lowest BCUT2D eigenvalue weighted by Crippen LogP contribution is -2.35. The number of urea groups is 1. The number of nitrogens with one attached hydrogen (secondary N) is 2. The SMILES string of the molecule is CCc1nn(C)cc1CNC(=O)NCc1ccc(C)cc1N(C)C. The van der Waals surface area contributed by atoms with Crippen LogP contribution in [0, 0.1) is 6.92 Å². The average Bonchev–Trinajstić information content (AvgIpc) is 2.91. The zero-order valence-electron chi connectivity index (χ0n) is 15.2. The van der Waals surface area contributed by atoms with Crippen LogP contribution in [0.2, 0.25) is 0 Å². The summed E-state index contributed by atoms with van der Waals surface area (Å²) in [5.74, 6) is 0. The van der Waals surface area contributed by atoms with Gasteiger partial charge in [-0.05, 0) is 30.5 Å². The number of benzene rings is 1. The first-order chi connectivity index (χ1) is 11.4. The van der Waals surface area contributed by atoms with Crippen LogP contribution < -0.4 is 15.5 Å². The fraction of sp³-hybridized carbons (Fsp3) is 0.444. The minimum Gasteiger partial charge on any atom is -0.377 e. The molecule has 0 saturated heterocycles. The second-order valence-corrected chi connectivity index (χ2v) is 6.19. The van der Waals surface area contributed by atoms with Crippen LogP contribution in [0.4, 0.5) is 10.5 Å². The van der Waals surface area contributed by atoms with E-state index in [0.29, 0.717) is 13.1 Å². The monoisotopic (exact) mass is 329 g/mol. The number of carbonyl (C=O) groups is 1. The molecule has 0 spiro atoms. The lowest BCUT2D eigenvalue weighted by molar-refractivity contribution is 0.240. The molecule has 6 nitrogen and oxygen atoms in total. The minimum absolute atomic E-state index is 0.175. The number of aromatic nitrogens is 2. The van der Waals surface area contributed by atoms with Crippen LogP contribution in [-0.4, -0.2) is 29.9 Å². The quantitative estimate of drug-likeness (QED) is 0.855. The van der Waals surface area contributed by atoms with Crippen LogP contribution >= 0.6 is 0 Å². The predicted molar refractivity (Wildman–Crippen MR) is 97.2 cm³/mol. The summed E-state index contributed by atoms with van der Waals surface area (Å²) in [5, 5.41) is 10.2. The van der Waals surface area contributed by atoms with Crippen molar-refractivity contribution in [2.24, 2.45) is 7.05 Å². The molecule has 6 heteroatoms. The summed E-state index contributed by atoms with van der Waals surface area (Å²) in [7, 11) is 5.91. The molecule has 2 aromatic rings. The highest BCUT2D eigenvalue weighted by Crippen LogP contribution is 2.20. The molecule has 24 heavy (non-hydrogen) atoms. The van der Waals surface area contributed by atoms with Gasteiger partial charge in [-0.2, -0.15) is 5.10 Å². The fourth-order valence-electron chi connectivity index (χ4n) is 2.68. The molecule has 130 valence electrons. The zero-order valence-corrected chi connectivity index (χ0v) is 15.2. The van der Waals surface area contributed by atoms with Gasteiger partial charge in [0.2, 0.25) is 0 Å². The summed E-state index contributed by atoms with van der Waals surface area (Å²) in [5.41, 5.74) is 5.49. The van der Waals surface area contributed by atoms with Gasteiger partial charge >= 0.3 is 6.03 Å². The first kappa shape index (κ1) is 17.8. The number of carbonyl (C=O) groups excluding carboxylic acids is 1. The van der Waals surface area contributed by atoms with Crippen molar-refractivity contribution >= 4 is 11.7 Å². The normalized spacial score (nSPS) is 10.5. The maximum absolute atomic E-state index is 12.1. The van der Waals surface area contributed by atoms with E-state index in [4.69, 9.17) is 0 Å². The van der Waals surface area contributed by atoms with Crippen molar-refractivity contribution in [3.05, 3.63) is 46.8 Å². The third-order valence-electron chi connectivity index (χ3n) is 3.93. The topological polar surface area (TPSA) is 62.2 Å². The number of hydrogen-bond acceptors (Lipinski definition) is 3. The maximum atomic E-state index is 12.1. The molecule has 2 N–H and O–H groups in total. The number of rotatable bonds is 6. The molecule has 0 unspecified atom stereocenters. The van der Waals surface area contributed by atoms with Crippen molar-refractivity contribution in [2.45, 2.75) is 33.4 Å². The van der Waals surface area contributed by atoms with E-state index in [1.54, 1.807) is 4.68 Å². The molecule has 0 fully saturated rings. The van der Waals surface area contributed by atoms with Crippen LogP contribution in [0.25, 0.3) is 0 Å². The number of nitrogens with zero attached hydrogens (tertiary/aromatic N) is 3. The molecule has 0 bridgehead atoms. The van der Waals surface area contributed by atoms with Gasteiger partial charge in [-0.1, -0.05) is 19.1 Å². The molecule has 0 atom stereocenters. The van der Waals surface area contributed by atoms with Gasteiger partial charge in [-0.25, -0.2) is 4.79 Å². The summed E-state index contributed by atoms with van der Waals surface area (Å²) in [4.78, 5) is 14.1. The third-order valence-corrected chi connectivity index (χ3v) is 3.93. The second-order valence-electron chi connectivity index (χ2n) is 6.19. The highest BCUT2D eigenvalue weighted by atomic mass is 16.2. The van der Waals surface area contributed by atoms with Gasteiger partial charge in [0.05, 0.1) is 5.69 Å². The highest BCUT2D eigenvalue weighted by Gasteiger charge is 2.09. The van der Waals surface area contributed by atoms with Gasteiger partial charge in [0.25, 0.3) is 0 Å². The Labute approximate surface area is 143 Å². The van der Waals surface area contributed by atoms with Gasteiger partial charge in [0.1, 0.15) is 0 Å². The Hall–Kier alpha value is -2.50. The molecule has 1 aromatic heterocycles. The van der Waals surface area contributed by atoms with E-state index in [-0.39, 0.29) is 6.03 Å². The van der Waals surface area contributed by atoms with Gasteiger partial charge in [0.15, 0.2) is 0 Å². The second kappa shape index (κ2) is 7.86. The van der Waals surface area contributed by atoms with Crippen molar-refractivity contribution in [1.82, 2.24) is 20.4 Å². The average molecular weight is 329 g/mol. The molecule has 0 aliphatic heterocycles. The van der Waals surface area contributed by atoms with Crippen LogP contribution in [-0.2, 0) is 26.6 Å². The van der Waals surface area contributed by atoms with Crippen LogP contribution in [0.5, 0.6) is 0 Å². The lowest BCUT2D eigenvalue weighted by atomic mass is 10.1. The number of aryl methyl sites for hydroxylation is 3. The van der Waals surface area contributed by atoms with E-state index in [1.165, 1.54) is 5.56 Å². The predicted octanol–water partition coefficient (Wildman–Crippen LogP) is 2.36. The Morgan fingerprint density at radius 1 is 1.21 bits per heavy atom. The molecule has 1 aromatic carbocycles. The summed E-state index contributed by atoms with van der Waals surface area (Å²) in [6.07, 6.45) is 2.80. The largest absolute Gasteiger partial charge is 0.377 e. The van der Waals surface area contributed by atoms with Crippen molar-refractivity contribution in [2.75, 3.05) is 19.0 Å². The molecule has 0 saturated carbocycles. The number of amides is 2. The summed E-state index contributed by atoms with van der Waals surface area (Å²) < 4.78 is 1.78. The van der Waals surface area contributed by atoms with Crippen LogP contribution in [0.15, 0.2) is 24.4 Å². The molecular weight excluding hydrogens is 302 g/mol. The Morgan fingerprint density at radius 3 is 2.50 bits per heavy atom. The molecule has 2 rings (SSSR count). The molecule has 1 heterocycles. The Kier molecular flexibility index (Phi) is 5.84. The third kappa shape index (κ3) is 4.50. The van der Waals surface area contributed by atoms with Gasteiger partial charge in [-0.3, -0.25) is 4.68 Å². The smallest absolute Gasteiger partial charge is 0.315 e. The van der Waals surface area contributed by atoms with E-state index < -0.39 is 0 Å². The first-order valence-corrected chi connectivity index (χ1v) is 8.20. The molecule has 2 amide bonds. The van der Waals surface area contributed by atoms with Gasteiger partial charge < -0.3 is 15.5 Å². The van der Waals surface area contributed by atoms with E-state index in [1.807, 2.05) is 27.3 Å². The summed E-state index contributed by atoms with van der Waals surface area (Å²) >= 11 is 0. The van der Waals surface area contributed by atoms with Crippen LogP contribution in [0.3, 0.4) is 0 Å². The highest BCUT2D eigenvalue weighted by molar-refractivity contribution is 5.74. The summed E-state index contributed by atoms with van der Waals surface area (Å²) in [6.45, 7) is 5.10. The maximum Gasteiger partial charge on any atom is 0.315 e. The van der Waals surface area contributed by atoms with E-state index in [2.05, 4.69) is 52.7 Å². The number of hydrogen-bond donors (Lipinski definition) is 2. The minimum atomic E-state index is -0.175. The Morgan fingerprint density at radius 2 is 1.88 bits per heavy atom. The zero-order chi connectivity index (χ0) is 17.7. The standard InChI is InChI=1S/C18H27N5O/c1-6-16-15(12-23(5)21-16)11-20-18(24)19-10-14-8-7-13(2)9-17(14)22(3)4/h7-9,12H,6,10-11H2,1-5H3,(H2,19,20,24). The van der Waals surface area contributed by atoms with Crippen molar-refractivity contribution in [3.63, 3.8) is 0 Å². The van der Waals surface area contributed by atoms with Crippen LogP contribution in [0.1, 0.15) is 29.3 Å². The van der Waals surface area contributed by atoms with E-state index in [9.17, 15) is 4.79 Å². The molecule has 0 aliphatic carbocycles. The Balaban J connectivity index is 1.92. The molecular formula is C18H27N5O. The first-order valence-electron chi connectivity index (χ1n) is 8.20. The van der Waals surface area contributed by atoms with Gasteiger partial charge in [-0.15, -0.1) is 0 Å². The van der Waals surface area contributed by atoms with Crippen molar-refractivity contribution < 1.29 is 4.79 Å². The molecule has 0 radical (unpaired) electrons. The number of anilines is 1. The van der Waals surface area contributed by atoms with Crippen molar-refractivity contribution in [3.8, 4) is 0 Å². The summed E-state index contributed by atoms with van der Waals surface area (Å²) in [6, 6.07) is 6.07. The Bertz CT molecular complexity index is 705.